The van der Waals surface area contributed by atoms with Crippen LogP contribution in [0.4, 0.5) is 0 Å². The summed E-state index contributed by atoms with van der Waals surface area (Å²) in [6.45, 7) is 11.6. The molecule has 2 aromatic heterocycles. The third-order valence-electron chi connectivity index (χ3n) is 9.41. The van der Waals surface area contributed by atoms with Crippen LogP contribution < -0.4 is 10.6 Å². The molecule has 0 unspecified atom stereocenters. The van der Waals surface area contributed by atoms with Crippen molar-refractivity contribution >= 4 is 41.6 Å². The average molecular weight is 622 g/mol. The zero-order valence-corrected chi connectivity index (χ0v) is 26.5. The molecule has 2 fully saturated rings. The minimum Gasteiger partial charge on any atom is -0.481 e. The van der Waals surface area contributed by atoms with Crippen molar-refractivity contribution in [2.24, 2.45) is 11.8 Å². The second kappa shape index (κ2) is 12.6. The molecule has 10 nitrogen and oxygen atoms in total. The highest BCUT2D eigenvalue weighted by atomic mass is 32.2. The summed E-state index contributed by atoms with van der Waals surface area (Å²) in [5, 5.41) is 25.5. The molecule has 4 atom stereocenters. The van der Waals surface area contributed by atoms with Crippen LogP contribution in [0, 0.1) is 25.7 Å². The van der Waals surface area contributed by atoms with Gasteiger partial charge in [-0.1, -0.05) is 19.6 Å². The number of nitrogens with one attached hydrogen (secondary N) is 4. The standard InChI is InChI=1S/C33H40N4O6S/c1-6-19-15(2)24(36-33(19)43)11-22-16(3)20(7-9-29(38)39)25(34-22)13-26-21(8-10-30(40)41)17(4)23(35-26)12-27-31(28-14-44-28)18(5)32(42)37-27/h6,12,18,24,28,31,34-35H,1,7-11,13-14H2,2-5H3,(H,36,43)(H,37,42)(H,38,39)(H,40,41)/p+1/b27-12-/t18-,24-,28+,31-/m1/s1. The van der Waals surface area contributed by atoms with Gasteiger partial charge in [0.15, 0.2) is 11.0 Å². The van der Waals surface area contributed by atoms with Crippen LogP contribution >= 0.6 is 0 Å². The first-order valence-corrected chi connectivity index (χ1v) is 16.2. The summed E-state index contributed by atoms with van der Waals surface area (Å²) in [5.41, 5.74) is 9.61. The van der Waals surface area contributed by atoms with E-state index in [1.54, 1.807) is 6.08 Å². The highest BCUT2D eigenvalue weighted by Gasteiger charge is 2.52. The molecule has 3 aliphatic heterocycles. The smallest absolute Gasteiger partial charge is 0.303 e. The summed E-state index contributed by atoms with van der Waals surface area (Å²) in [6, 6.07) is -0.201. The summed E-state index contributed by atoms with van der Waals surface area (Å²) in [7, 11) is 0. The molecule has 6 N–H and O–H groups in total. The lowest BCUT2D eigenvalue weighted by Crippen LogP contribution is -2.30. The number of hydrogen-bond donors (Lipinski definition) is 6. The molecule has 0 radical (unpaired) electrons. The van der Waals surface area contributed by atoms with Gasteiger partial charge in [0.25, 0.3) is 5.91 Å². The number of aromatic amines is 2. The van der Waals surface area contributed by atoms with Gasteiger partial charge in [0.05, 0.1) is 12.0 Å². The first-order valence-electron chi connectivity index (χ1n) is 15.1. The summed E-state index contributed by atoms with van der Waals surface area (Å²) in [5.74, 6) is -0.764. The van der Waals surface area contributed by atoms with E-state index in [1.807, 2.05) is 33.8 Å². The Labute approximate surface area is 260 Å². The Kier molecular flexibility index (Phi) is 8.97. The van der Waals surface area contributed by atoms with Crippen molar-refractivity contribution in [2.45, 2.75) is 77.5 Å². The van der Waals surface area contributed by atoms with E-state index in [4.69, 9.17) is 0 Å². The molecular weight excluding hydrogens is 580 g/mol. The number of rotatable bonds is 13. The third-order valence-corrected chi connectivity index (χ3v) is 10.5. The average Bonchev–Trinajstić information content (AvgIpc) is 3.53. The van der Waals surface area contributed by atoms with Crippen molar-refractivity contribution in [1.29, 1.82) is 0 Å². The number of allylic oxidation sites excluding steroid dienone is 1. The number of thiol groups is 1. The van der Waals surface area contributed by atoms with Crippen molar-refractivity contribution in [2.75, 3.05) is 5.75 Å². The zero-order chi connectivity index (χ0) is 31.9. The highest BCUT2D eigenvalue weighted by molar-refractivity contribution is 7.86. The van der Waals surface area contributed by atoms with E-state index < -0.39 is 11.9 Å². The van der Waals surface area contributed by atoms with Gasteiger partial charge >= 0.3 is 11.9 Å². The molecule has 2 aromatic rings. The van der Waals surface area contributed by atoms with Crippen LogP contribution in [0.15, 0.2) is 29.5 Å². The number of aromatic nitrogens is 2. The fourth-order valence-corrected chi connectivity index (χ4v) is 7.70. The van der Waals surface area contributed by atoms with E-state index in [-0.39, 0.29) is 42.5 Å². The molecular formula is C33H41N4O6S+. The number of amides is 2. The fourth-order valence-electron chi connectivity index (χ4n) is 6.71. The van der Waals surface area contributed by atoms with Crippen molar-refractivity contribution in [3.8, 4) is 0 Å². The normalized spacial score (nSPS) is 23.8. The van der Waals surface area contributed by atoms with Crippen molar-refractivity contribution < 1.29 is 29.4 Å². The number of carboxylic acid groups (broad SMARTS) is 2. The molecule has 44 heavy (non-hydrogen) atoms. The Hall–Kier alpha value is -3.99. The maximum atomic E-state index is 12.6. The monoisotopic (exact) mass is 621 g/mol. The first kappa shape index (κ1) is 31.4. The topological polar surface area (TPSA) is 164 Å². The quantitative estimate of drug-likeness (QED) is 0.114. The van der Waals surface area contributed by atoms with Gasteiger partial charge < -0.3 is 30.8 Å². The third kappa shape index (κ3) is 6.29. The van der Waals surface area contributed by atoms with Crippen LogP contribution in [0.5, 0.6) is 0 Å². The molecule has 0 spiro atoms. The van der Waals surface area contributed by atoms with Gasteiger partial charge in [-0.2, -0.15) is 0 Å². The number of aliphatic carboxylic acids is 2. The van der Waals surface area contributed by atoms with Gasteiger partial charge in [0.1, 0.15) is 0 Å². The SMILES string of the molecule is C=CC1=C(C)[C@@H](Cc2[nH]c(Cc3[nH]c(/C=C4\NC(=O)[C@H](C)[C@H]4[C@@H]4C[SH+]4)c(C)c3CCC(=O)O)c(CCC(=O)O)c2C)NC1=O. The van der Waals surface area contributed by atoms with Gasteiger partial charge in [-0.05, 0) is 79.3 Å². The number of carbonyl (C=O) groups is 4. The molecule has 3 aliphatic rings. The van der Waals surface area contributed by atoms with E-state index >= 15 is 0 Å². The molecule has 11 heteroatoms. The Bertz CT molecular complexity index is 1610. The van der Waals surface area contributed by atoms with Crippen LogP contribution in [0.1, 0.15) is 71.7 Å². The minimum absolute atomic E-state index is 0.0279. The maximum absolute atomic E-state index is 12.6. The summed E-state index contributed by atoms with van der Waals surface area (Å²) in [6.07, 6.45) is 5.14. The maximum Gasteiger partial charge on any atom is 0.303 e. The number of hydrogen-bond acceptors (Lipinski definition) is 4. The second-order valence-corrected chi connectivity index (χ2v) is 13.5. The molecule has 2 amide bonds. The van der Waals surface area contributed by atoms with Crippen LogP contribution in [0.2, 0.25) is 0 Å². The van der Waals surface area contributed by atoms with Crippen molar-refractivity contribution in [1.82, 2.24) is 20.6 Å². The lowest BCUT2D eigenvalue weighted by molar-refractivity contribution is -0.138. The van der Waals surface area contributed by atoms with E-state index in [0.29, 0.717) is 36.5 Å². The summed E-state index contributed by atoms with van der Waals surface area (Å²) in [4.78, 5) is 55.2. The van der Waals surface area contributed by atoms with Crippen LogP contribution in [-0.2, 0) is 56.6 Å². The summed E-state index contributed by atoms with van der Waals surface area (Å²) >= 11 is 1.36. The first-order chi connectivity index (χ1) is 20.9. The van der Waals surface area contributed by atoms with Crippen molar-refractivity contribution in [3.63, 3.8) is 0 Å². The van der Waals surface area contributed by atoms with Crippen LogP contribution in [0.25, 0.3) is 6.08 Å². The Balaban J connectivity index is 1.51. The van der Waals surface area contributed by atoms with Gasteiger partial charge in [0, 0.05) is 65.6 Å². The molecule has 5 rings (SSSR count). The molecule has 0 aromatic carbocycles. The van der Waals surface area contributed by atoms with E-state index in [9.17, 15) is 29.4 Å². The van der Waals surface area contributed by atoms with Crippen LogP contribution in [0.3, 0.4) is 0 Å². The molecule has 0 saturated carbocycles. The Morgan fingerprint density at radius 1 is 0.977 bits per heavy atom. The van der Waals surface area contributed by atoms with Crippen LogP contribution in [-0.4, -0.2) is 61.0 Å². The number of carboxylic acids is 2. The highest BCUT2D eigenvalue weighted by Crippen LogP contribution is 2.38. The lowest BCUT2D eigenvalue weighted by atomic mass is 9.91. The van der Waals surface area contributed by atoms with E-state index in [2.05, 4.69) is 27.2 Å². The van der Waals surface area contributed by atoms with Gasteiger partial charge in [-0.3, -0.25) is 19.2 Å². The molecule has 2 saturated heterocycles. The zero-order valence-electron chi connectivity index (χ0n) is 25.6. The van der Waals surface area contributed by atoms with E-state index in [0.717, 1.165) is 62.1 Å². The number of carbonyl (C=O) groups excluding carboxylic acids is 2. The molecule has 5 heterocycles. The molecule has 234 valence electrons. The lowest BCUT2D eigenvalue weighted by Gasteiger charge is -2.12. The van der Waals surface area contributed by atoms with Gasteiger partial charge in [-0.15, -0.1) is 0 Å². The fraction of sp³-hybridized carbons (Fsp3) is 0.455. The van der Waals surface area contributed by atoms with E-state index in [1.165, 1.54) is 11.8 Å². The largest absolute Gasteiger partial charge is 0.481 e. The Morgan fingerprint density at radius 2 is 1.59 bits per heavy atom. The van der Waals surface area contributed by atoms with Crippen molar-refractivity contribution in [3.05, 3.63) is 74.5 Å². The predicted octanol–water partition coefficient (Wildman–Crippen LogP) is 3.05. The number of H-pyrrole nitrogens is 2. The van der Waals surface area contributed by atoms with Gasteiger partial charge in [0.2, 0.25) is 5.91 Å². The minimum atomic E-state index is -0.889. The molecule has 0 bridgehead atoms. The summed E-state index contributed by atoms with van der Waals surface area (Å²) < 4.78 is 0. The predicted molar refractivity (Wildman–Crippen MR) is 170 cm³/mol. The van der Waals surface area contributed by atoms with Gasteiger partial charge in [-0.25, -0.2) is 0 Å². The Morgan fingerprint density at radius 3 is 2.16 bits per heavy atom. The molecule has 0 aliphatic carbocycles. The second-order valence-electron chi connectivity index (χ2n) is 12.1.